The molecule has 2 aromatic rings. The van der Waals surface area contributed by atoms with Crippen molar-refractivity contribution in [1.29, 1.82) is 0 Å². The van der Waals surface area contributed by atoms with Gasteiger partial charge in [0.1, 0.15) is 17.3 Å². The first-order chi connectivity index (χ1) is 9.28. The Morgan fingerprint density at radius 1 is 1.37 bits per heavy atom. The van der Waals surface area contributed by atoms with Crippen molar-refractivity contribution in [3.8, 4) is 0 Å². The van der Waals surface area contributed by atoms with Gasteiger partial charge in [-0.1, -0.05) is 0 Å². The SMILES string of the molecule is Cc1ccc(C(CN)N(Cc2ccco2)C2CC2)o1. The summed E-state index contributed by atoms with van der Waals surface area (Å²) < 4.78 is 11.2. The Hall–Kier alpha value is -1.52. The Balaban J connectivity index is 1.81. The third kappa shape index (κ3) is 2.74. The lowest BCUT2D eigenvalue weighted by molar-refractivity contribution is 0.148. The van der Waals surface area contributed by atoms with Crippen LogP contribution >= 0.6 is 0 Å². The molecule has 1 aliphatic carbocycles. The van der Waals surface area contributed by atoms with Crippen LogP contribution in [0.5, 0.6) is 0 Å². The van der Waals surface area contributed by atoms with Crippen molar-refractivity contribution in [3.05, 3.63) is 47.8 Å². The van der Waals surface area contributed by atoms with Crippen LogP contribution in [-0.4, -0.2) is 17.5 Å². The molecule has 0 spiro atoms. The van der Waals surface area contributed by atoms with E-state index in [0.717, 1.165) is 23.8 Å². The fraction of sp³-hybridized carbons (Fsp3) is 0.467. The highest BCUT2D eigenvalue weighted by molar-refractivity contribution is 5.12. The molecular weight excluding hydrogens is 240 g/mol. The van der Waals surface area contributed by atoms with Gasteiger partial charge in [0.05, 0.1) is 18.8 Å². The Kier molecular flexibility index (Phi) is 3.44. The third-order valence-electron chi connectivity index (χ3n) is 3.65. The molecule has 2 N–H and O–H groups in total. The van der Waals surface area contributed by atoms with Crippen LogP contribution in [-0.2, 0) is 6.54 Å². The molecule has 1 unspecified atom stereocenters. The standard InChI is InChI=1S/C15H20N2O2/c1-11-4-7-15(19-11)14(9-16)17(12-5-6-12)10-13-3-2-8-18-13/h2-4,7-8,12,14H,5-6,9-10,16H2,1H3. The van der Waals surface area contributed by atoms with Gasteiger partial charge in [0.25, 0.3) is 0 Å². The van der Waals surface area contributed by atoms with Crippen LogP contribution in [0, 0.1) is 6.92 Å². The molecule has 4 heteroatoms. The topological polar surface area (TPSA) is 55.5 Å². The average molecular weight is 260 g/mol. The number of rotatable bonds is 6. The first-order valence-electron chi connectivity index (χ1n) is 6.82. The van der Waals surface area contributed by atoms with E-state index >= 15 is 0 Å². The van der Waals surface area contributed by atoms with Gasteiger partial charge in [-0.15, -0.1) is 0 Å². The number of nitrogens with two attached hydrogens (primary N) is 1. The van der Waals surface area contributed by atoms with Crippen LogP contribution in [0.3, 0.4) is 0 Å². The van der Waals surface area contributed by atoms with Gasteiger partial charge in [-0.05, 0) is 44.0 Å². The van der Waals surface area contributed by atoms with Gasteiger partial charge in [0.2, 0.25) is 0 Å². The summed E-state index contributed by atoms with van der Waals surface area (Å²) in [6.45, 7) is 3.31. The molecule has 102 valence electrons. The minimum Gasteiger partial charge on any atom is -0.468 e. The zero-order valence-electron chi connectivity index (χ0n) is 11.2. The van der Waals surface area contributed by atoms with Gasteiger partial charge in [0, 0.05) is 12.6 Å². The summed E-state index contributed by atoms with van der Waals surface area (Å²) in [5.74, 6) is 2.87. The second kappa shape index (κ2) is 5.23. The monoisotopic (exact) mass is 260 g/mol. The summed E-state index contributed by atoms with van der Waals surface area (Å²) in [7, 11) is 0. The van der Waals surface area contributed by atoms with Gasteiger partial charge in [0.15, 0.2) is 0 Å². The van der Waals surface area contributed by atoms with Gasteiger partial charge in [-0.3, -0.25) is 4.90 Å². The van der Waals surface area contributed by atoms with E-state index in [0.29, 0.717) is 12.6 Å². The molecule has 0 amide bonds. The van der Waals surface area contributed by atoms with Gasteiger partial charge in [-0.25, -0.2) is 0 Å². The van der Waals surface area contributed by atoms with Crippen LogP contribution in [0.1, 0.15) is 36.2 Å². The lowest BCUT2D eigenvalue weighted by Gasteiger charge is -2.28. The molecule has 1 aliphatic rings. The van der Waals surface area contributed by atoms with E-state index in [-0.39, 0.29) is 6.04 Å². The maximum atomic E-state index is 5.98. The molecule has 1 saturated carbocycles. The highest BCUT2D eigenvalue weighted by Gasteiger charge is 2.35. The maximum absolute atomic E-state index is 5.98. The van der Waals surface area contributed by atoms with Crippen molar-refractivity contribution in [3.63, 3.8) is 0 Å². The van der Waals surface area contributed by atoms with Crippen LogP contribution in [0.4, 0.5) is 0 Å². The third-order valence-corrected chi connectivity index (χ3v) is 3.65. The Labute approximate surface area is 113 Å². The maximum Gasteiger partial charge on any atom is 0.122 e. The van der Waals surface area contributed by atoms with Crippen LogP contribution < -0.4 is 5.73 Å². The molecule has 0 aromatic carbocycles. The Bertz CT molecular complexity index is 514. The average Bonchev–Trinajstić information content (AvgIpc) is 2.95. The van der Waals surface area contributed by atoms with E-state index < -0.39 is 0 Å². The van der Waals surface area contributed by atoms with E-state index in [1.807, 2.05) is 31.2 Å². The predicted octanol–water partition coefficient (Wildman–Crippen LogP) is 2.85. The first-order valence-corrected chi connectivity index (χ1v) is 6.82. The molecule has 0 radical (unpaired) electrons. The zero-order valence-corrected chi connectivity index (χ0v) is 11.2. The molecule has 0 bridgehead atoms. The van der Waals surface area contributed by atoms with E-state index in [4.69, 9.17) is 14.6 Å². The van der Waals surface area contributed by atoms with Crippen molar-refractivity contribution in [2.75, 3.05) is 6.54 Å². The normalized spacial score (nSPS) is 17.0. The minimum absolute atomic E-state index is 0.131. The Morgan fingerprint density at radius 2 is 2.21 bits per heavy atom. The molecule has 2 heterocycles. The Morgan fingerprint density at radius 3 is 2.74 bits per heavy atom. The predicted molar refractivity (Wildman–Crippen MR) is 72.5 cm³/mol. The molecule has 1 atom stereocenters. The molecule has 0 aliphatic heterocycles. The van der Waals surface area contributed by atoms with Crippen molar-refractivity contribution >= 4 is 0 Å². The number of nitrogens with zero attached hydrogens (tertiary/aromatic N) is 1. The number of aryl methyl sites for hydroxylation is 1. The van der Waals surface area contributed by atoms with Crippen LogP contribution in [0.2, 0.25) is 0 Å². The molecule has 0 saturated heterocycles. The summed E-state index contributed by atoms with van der Waals surface area (Å²) >= 11 is 0. The van der Waals surface area contributed by atoms with Gasteiger partial charge < -0.3 is 14.6 Å². The van der Waals surface area contributed by atoms with E-state index in [9.17, 15) is 0 Å². The summed E-state index contributed by atoms with van der Waals surface area (Å²) in [6, 6.07) is 8.70. The van der Waals surface area contributed by atoms with Crippen molar-refractivity contribution in [2.45, 2.75) is 38.4 Å². The highest BCUT2D eigenvalue weighted by Crippen LogP contribution is 2.35. The zero-order chi connectivity index (χ0) is 13.2. The lowest BCUT2D eigenvalue weighted by atomic mass is 10.1. The molecular formula is C15H20N2O2. The van der Waals surface area contributed by atoms with Gasteiger partial charge in [-0.2, -0.15) is 0 Å². The van der Waals surface area contributed by atoms with Crippen molar-refractivity contribution in [2.24, 2.45) is 5.73 Å². The second-order valence-electron chi connectivity index (χ2n) is 5.18. The molecule has 4 nitrogen and oxygen atoms in total. The highest BCUT2D eigenvalue weighted by atomic mass is 16.3. The summed E-state index contributed by atoms with van der Waals surface area (Å²) in [4.78, 5) is 2.40. The molecule has 19 heavy (non-hydrogen) atoms. The smallest absolute Gasteiger partial charge is 0.122 e. The number of hydrogen-bond acceptors (Lipinski definition) is 4. The molecule has 1 fully saturated rings. The summed E-state index contributed by atoms with van der Waals surface area (Å²) in [5.41, 5.74) is 5.98. The van der Waals surface area contributed by atoms with E-state index in [2.05, 4.69) is 4.90 Å². The van der Waals surface area contributed by atoms with E-state index in [1.54, 1.807) is 6.26 Å². The minimum atomic E-state index is 0.131. The number of hydrogen-bond donors (Lipinski definition) is 1. The molecule has 2 aromatic heterocycles. The van der Waals surface area contributed by atoms with Crippen LogP contribution in [0.15, 0.2) is 39.4 Å². The fourth-order valence-electron chi connectivity index (χ4n) is 2.53. The van der Waals surface area contributed by atoms with Crippen LogP contribution in [0.25, 0.3) is 0 Å². The fourth-order valence-corrected chi connectivity index (χ4v) is 2.53. The molecule has 3 rings (SSSR count). The lowest BCUT2D eigenvalue weighted by Crippen LogP contribution is -2.34. The number of furan rings is 2. The quantitative estimate of drug-likeness (QED) is 0.867. The summed E-state index contributed by atoms with van der Waals surface area (Å²) in [6.07, 6.45) is 4.18. The van der Waals surface area contributed by atoms with Crippen molar-refractivity contribution in [1.82, 2.24) is 4.90 Å². The van der Waals surface area contributed by atoms with Crippen molar-refractivity contribution < 1.29 is 8.83 Å². The summed E-state index contributed by atoms with van der Waals surface area (Å²) in [5, 5.41) is 0. The second-order valence-corrected chi connectivity index (χ2v) is 5.18. The van der Waals surface area contributed by atoms with Gasteiger partial charge >= 0.3 is 0 Å². The van der Waals surface area contributed by atoms with E-state index in [1.165, 1.54) is 12.8 Å². The largest absolute Gasteiger partial charge is 0.468 e. The first kappa shape index (κ1) is 12.5.